The number of phenols is 1. The number of thiophene rings is 1. The predicted molar refractivity (Wildman–Crippen MR) is 157 cm³/mol. The van der Waals surface area contributed by atoms with E-state index in [0.717, 1.165) is 71.1 Å². The van der Waals surface area contributed by atoms with Crippen LogP contribution in [0, 0.1) is 0 Å². The standard InChI is InChI=1S/C30H33N5O3S/c1-2-27(37)31-22-10-12-34(13-11-22)23-8-6-20(7-9-23)26-19-25-28(39-26)30(35-14-16-38-17-15-35)33-29(32-25)21-4-3-5-24(36)18-21/h3-9,18-19,22,36H,2,10-17H2,1H3,(H,31,37). The number of anilines is 2. The minimum absolute atomic E-state index is 0.136. The zero-order valence-corrected chi connectivity index (χ0v) is 22.9. The van der Waals surface area contributed by atoms with Crippen LogP contribution >= 0.6 is 11.3 Å². The summed E-state index contributed by atoms with van der Waals surface area (Å²) in [6.45, 7) is 6.69. The third-order valence-corrected chi connectivity index (χ3v) is 8.64. The Balaban J connectivity index is 1.27. The fourth-order valence-electron chi connectivity index (χ4n) is 5.27. The smallest absolute Gasteiger partial charge is 0.219 e. The lowest BCUT2D eigenvalue weighted by Gasteiger charge is -2.34. The highest BCUT2D eigenvalue weighted by Gasteiger charge is 2.22. The molecule has 6 rings (SSSR count). The quantitative estimate of drug-likeness (QED) is 0.351. The summed E-state index contributed by atoms with van der Waals surface area (Å²) in [5.41, 5.74) is 4.06. The highest BCUT2D eigenvalue weighted by Crippen LogP contribution is 2.39. The van der Waals surface area contributed by atoms with Gasteiger partial charge >= 0.3 is 0 Å². The third-order valence-electron chi connectivity index (χ3n) is 7.47. The topological polar surface area (TPSA) is 90.8 Å². The molecule has 0 radical (unpaired) electrons. The first kappa shape index (κ1) is 25.6. The number of fused-ring (bicyclic) bond motifs is 1. The molecule has 0 saturated carbocycles. The molecule has 0 aliphatic carbocycles. The van der Waals surface area contributed by atoms with Gasteiger partial charge < -0.3 is 25.0 Å². The van der Waals surface area contributed by atoms with Gasteiger partial charge in [0.25, 0.3) is 0 Å². The first-order valence-corrected chi connectivity index (χ1v) is 14.5. The second-order valence-electron chi connectivity index (χ2n) is 10.1. The molecule has 0 atom stereocenters. The van der Waals surface area contributed by atoms with Crippen molar-refractivity contribution in [3.63, 3.8) is 0 Å². The summed E-state index contributed by atoms with van der Waals surface area (Å²) in [6.07, 6.45) is 2.47. The van der Waals surface area contributed by atoms with E-state index >= 15 is 0 Å². The van der Waals surface area contributed by atoms with Crippen LogP contribution in [-0.4, -0.2) is 66.4 Å². The molecule has 8 nitrogen and oxygen atoms in total. The summed E-state index contributed by atoms with van der Waals surface area (Å²) >= 11 is 1.72. The molecule has 2 aromatic carbocycles. The van der Waals surface area contributed by atoms with E-state index in [0.29, 0.717) is 25.5 Å². The average molecular weight is 544 g/mol. The van der Waals surface area contributed by atoms with Gasteiger partial charge in [-0.1, -0.05) is 31.2 Å². The molecule has 39 heavy (non-hydrogen) atoms. The lowest BCUT2D eigenvalue weighted by molar-refractivity contribution is -0.121. The van der Waals surface area contributed by atoms with Gasteiger partial charge in [-0.25, -0.2) is 9.97 Å². The predicted octanol–water partition coefficient (Wildman–Crippen LogP) is 5.06. The Hall–Kier alpha value is -3.69. The van der Waals surface area contributed by atoms with Gasteiger partial charge in [0.15, 0.2) is 11.6 Å². The number of carbonyl (C=O) groups excluding carboxylic acids is 1. The minimum Gasteiger partial charge on any atom is -0.508 e. The number of benzene rings is 2. The Morgan fingerprint density at radius 3 is 2.49 bits per heavy atom. The van der Waals surface area contributed by atoms with E-state index in [2.05, 4.69) is 45.4 Å². The van der Waals surface area contributed by atoms with Crippen molar-refractivity contribution in [1.29, 1.82) is 0 Å². The van der Waals surface area contributed by atoms with Crippen LogP contribution in [0.25, 0.3) is 32.0 Å². The van der Waals surface area contributed by atoms with Crippen molar-refractivity contribution in [2.45, 2.75) is 32.2 Å². The first-order chi connectivity index (χ1) is 19.1. The van der Waals surface area contributed by atoms with Crippen molar-refractivity contribution in [2.24, 2.45) is 0 Å². The summed E-state index contributed by atoms with van der Waals surface area (Å²) in [7, 11) is 0. The van der Waals surface area contributed by atoms with E-state index in [-0.39, 0.29) is 17.7 Å². The highest BCUT2D eigenvalue weighted by atomic mass is 32.1. The zero-order chi connectivity index (χ0) is 26.8. The van der Waals surface area contributed by atoms with Gasteiger partial charge in [-0.2, -0.15) is 0 Å². The van der Waals surface area contributed by atoms with Crippen molar-refractivity contribution in [1.82, 2.24) is 15.3 Å². The maximum absolute atomic E-state index is 11.7. The van der Waals surface area contributed by atoms with E-state index in [9.17, 15) is 9.90 Å². The van der Waals surface area contributed by atoms with Gasteiger partial charge in [0, 0.05) is 54.8 Å². The van der Waals surface area contributed by atoms with Crippen LogP contribution in [0.5, 0.6) is 5.75 Å². The minimum atomic E-state index is 0.136. The summed E-state index contributed by atoms with van der Waals surface area (Å²) in [4.78, 5) is 27.4. The molecule has 202 valence electrons. The lowest BCUT2D eigenvalue weighted by Crippen LogP contribution is -2.44. The SMILES string of the molecule is CCC(=O)NC1CCN(c2ccc(-c3cc4nc(-c5cccc(O)c5)nc(N5CCOCC5)c4s3)cc2)CC1. The van der Waals surface area contributed by atoms with Gasteiger partial charge in [-0.05, 0) is 48.7 Å². The van der Waals surface area contributed by atoms with Crippen LogP contribution in [0.1, 0.15) is 26.2 Å². The lowest BCUT2D eigenvalue weighted by atomic mass is 10.0. The van der Waals surface area contributed by atoms with Crippen LogP contribution in [0.15, 0.2) is 54.6 Å². The Bertz CT molecular complexity index is 1460. The monoisotopic (exact) mass is 543 g/mol. The van der Waals surface area contributed by atoms with Gasteiger partial charge in [0.1, 0.15) is 5.75 Å². The molecular formula is C30H33N5O3S. The molecule has 4 heterocycles. The number of amides is 1. The molecular weight excluding hydrogens is 510 g/mol. The summed E-state index contributed by atoms with van der Waals surface area (Å²) in [5, 5.41) is 13.2. The van der Waals surface area contributed by atoms with Gasteiger partial charge in [0.2, 0.25) is 5.91 Å². The van der Waals surface area contributed by atoms with E-state index in [1.54, 1.807) is 23.5 Å². The number of aromatic hydroxyl groups is 1. The number of hydrogen-bond donors (Lipinski definition) is 2. The molecule has 2 aliphatic rings. The van der Waals surface area contributed by atoms with Crippen LogP contribution in [-0.2, 0) is 9.53 Å². The fourth-order valence-corrected chi connectivity index (χ4v) is 6.39. The molecule has 0 unspecified atom stereocenters. The molecule has 0 spiro atoms. The van der Waals surface area contributed by atoms with E-state index in [1.165, 1.54) is 5.69 Å². The number of nitrogens with one attached hydrogen (secondary N) is 1. The van der Waals surface area contributed by atoms with Gasteiger partial charge in [0.05, 0.1) is 23.4 Å². The molecule has 9 heteroatoms. The largest absolute Gasteiger partial charge is 0.508 e. The number of ether oxygens (including phenoxy) is 1. The van der Waals surface area contributed by atoms with Gasteiger partial charge in [-0.15, -0.1) is 11.3 Å². The third kappa shape index (κ3) is 5.55. The van der Waals surface area contributed by atoms with Gasteiger partial charge in [-0.3, -0.25) is 4.79 Å². The molecule has 2 saturated heterocycles. The maximum Gasteiger partial charge on any atom is 0.219 e. The Morgan fingerprint density at radius 1 is 1.00 bits per heavy atom. The number of phenolic OH excluding ortho intramolecular Hbond substituents is 1. The zero-order valence-electron chi connectivity index (χ0n) is 22.1. The van der Waals surface area contributed by atoms with Crippen LogP contribution < -0.4 is 15.1 Å². The normalized spacial score (nSPS) is 16.5. The van der Waals surface area contributed by atoms with Crippen LogP contribution in [0.3, 0.4) is 0 Å². The number of piperidine rings is 1. The van der Waals surface area contributed by atoms with E-state index in [4.69, 9.17) is 14.7 Å². The summed E-state index contributed by atoms with van der Waals surface area (Å²) in [6, 6.07) is 18.3. The second-order valence-corrected chi connectivity index (χ2v) is 11.1. The highest BCUT2D eigenvalue weighted by molar-refractivity contribution is 7.22. The number of hydrogen-bond acceptors (Lipinski definition) is 8. The first-order valence-electron chi connectivity index (χ1n) is 13.7. The van der Waals surface area contributed by atoms with Crippen molar-refractivity contribution in [3.05, 3.63) is 54.6 Å². The van der Waals surface area contributed by atoms with Crippen LogP contribution in [0.4, 0.5) is 11.5 Å². The Morgan fingerprint density at radius 2 is 1.77 bits per heavy atom. The Labute approximate surface area is 232 Å². The molecule has 2 aliphatic heterocycles. The van der Waals surface area contributed by atoms with E-state index < -0.39 is 0 Å². The maximum atomic E-state index is 11.7. The molecule has 2 N–H and O–H groups in total. The molecule has 0 bridgehead atoms. The van der Waals surface area contributed by atoms with Crippen molar-refractivity contribution in [3.8, 4) is 27.6 Å². The van der Waals surface area contributed by atoms with Crippen molar-refractivity contribution < 1.29 is 14.6 Å². The second kappa shape index (κ2) is 11.2. The number of aromatic nitrogens is 2. The number of morpholine rings is 1. The van der Waals surface area contributed by atoms with Crippen LogP contribution in [0.2, 0.25) is 0 Å². The molecule has 4 aromatic rings. The molecule has 2 fully saturated rings. The molecule has 2 aromatic heterocycles. The fraction of sp³-hybridized carbons (Fsp3) is 0.367. The number of rotatable bonds is 6. The summed E-state index contributed by atoms with van der Waals surface area (Å²) < 4.78 is 6.66. The number of nitrogens with zero attached hydrogens (tertiary/aromatic N) is 4. The van der Waals surface area contributed by atoms with Crippen molar-refractivity contribution >= 4 is 39.0 Å². The van der Waals surface area contributed by atoms with E-state index in [1.807, 2.05) is 19.1 Å². The summed E-state index contributed by atoms with van der Waals surface area (Å²) in [5.74, 6) is 1.87. The van der Waals surface area contributed by atoms with Crippen molar-refractivity contribution in [2.75, 3.05) is 49.2 Å². The molecule has 1 amide bonds. The number of carbonyl (C=O) groups is 1. The average Bonchev–Trinajstić information content (AvgIpc) is 3.42. The Kier molecular flexibility index (Phi) is 7.34.